The van der Waals surface area contributed by atoms with Gasteiger partial charge in [0, 0.05) is 32.3 Å². The molecule has 76 heavy (non-hydrogen) atoms. The standard InChI is InChI=1S/C61H60N4O11/c1-62(38-41-16-8-5-9-17-41)28-15-18-40-25-26-49-48(34-40)61(59(69)64(49)60(70)75-33-32-71-2)52(57(67)63-29-27-44-36-50(72-3)51(73-4)37-46(44)39-63)54-58(68)76-55(43-21-12-7-13-22-43)53(42-19-10-6-11-20-42)65(54)56(61)45-23-14-24-47(35-45)74-31-30-66/h5-14,16-17,19-26,34-37,52-56,66H,27-33,38-39H2,1-4H3/t52-,53-,54-,55+,56+,61-/m1/s1. The molecule has 0 saturated carbocycles. The zero-order valence-corrected chi connectivity index (χ0v) is 42.9. The zero-order chi connectivity index (χ0) is 52.9. The van der Waals surface area contributed by atoms with Crippen LogP contribution in [0.2, 0.25) is 0 Å². The van der Waals surface area contributed by atoms with E-state index in [0.717, 1.165) is 27.2 Å². The smallest absolute Gasteiger partial charge is 0.421 e. The highest BCUT2D eigenvalue weighted by molar-refractivity contribution is 6.23. The zero-order valence-electron chi connectivity index (χ0n) is 42.9. The number of cyclic esters (lactones) is 1. The summed E-state index contributed by atoms with van der Waals surface area (Å²) in [5.41, 5.74) is 3.79. The molecule has 390 valence electrons. The molecule has 15 nitrogen and oxygen atoms in total. The summed E-state index contributed by atoms with van der Waals surface area (Å²) in [6.07, 6.45) is -1.49. The van der Waals surface area contributed by atoms with E-state index in [0.29, 0.717) is 59.0 Å². The lowest BCUT2D eigenvalue weighted by molar-refractivity contribution is -0.179. The van der Waals surface area contributed by atoms with Crippen molar-refractivity contribution < 1.29 is 52.7 Å². The number of aliphatic hydroxyl groups is 1. The number of imide groups is 1. The van der Waals surface area contributed by atoms with Crippen molar-refractivity contribution in [1.29, 1.82) is 0 Å². The molecule has 0 radical (unpaired) electrons. The molecule has 2 fully saturated rings. The molecule has 6 aromatic carbocycles. The minimum absolute atomic E-state index is 0.0275. The predicted molar refractivity (Wildman–Crippen MR) is 282 cm³/mol. The number of carbonyl (C=O) groups excluding carboxylic acids is 4. The van der Waals surface area contributed by atoms with Gasteiger partial charge in [-0.2, -0.15) is 0 Å². The molecule has 2 saturated heterocycles. The summed E-state index contributed by atoms with van der Waals surface area (Å²) >= 11 is 0. The van der Waals surface area contributed by atoms with Crippen LogP contribution in [0.3, 0.4) is 0 Å². The Morgan fingerprint density at radius 3 is 2.14 bits per heavy atom. The maximum Gasteiger partial charge on any atom is 0.421 e. The van der Waals surface area contributed by atoms with Crippen LogP contribution in [0.5, 0.6) is 17.2 Å². The van der Waals surface area contributed by atoms with E-state index in [4.69, 9.17) is 28.4 Å². The molecule has 10 rings (SSSR count). The number of anilines is 1. The van der Waals surface area contributed by atoms with Crippen molar-refractivity contribution in [2.24, 2.45) is 5.92 Å². The number of nitrogens with zero attached hydrogens (tertiary/aromatic N) is 4. The average Bonchev–Trinajstić information content (AvgIpc) is 4.10. The fourth-order valence-corrected chi connectivity index (χ4v) is 11.7. The number of methoxy groups -OCH3 is 3. The molecule has 0 aromatic heterocycles. The van der Waals surface area contributed by atoms with Crippen molar-refractivity contribution in [2.75, 3.05) is 72.8 Å². The van der Waals surface area contributed by atoms with E-state index >= 15 is 14.4 Å². The minimum Gasteiger partial charge on any atom is -0.493 e. The maximum absolute atomic E-state index is 16.8. The highest BCUT2D eigenvalue weighted by Gasteiger charge is 2.76. The number of ether oxygens (including phenoxy) is 6. The number of fused-ring (bicyclic) bond motifs is 4. The molecule has 1 spiro atoms. The third kappa shape index (κ3) is 9.54. The summed E-state index contributed by atoms with van der Waals surface area (Å²) in [6, 6.07) is 41.8. The molecule has 3 amide bonds. The van der Waals surface area contributed by atoms with Crippen molar-refractivity contribution in [3.8, 4) is 29.1 Å². The normalized spacial score (nSPS) is 21.5. The van der Waals surface area contributed by atoms with Crippen LogP contribution >= 0.6 is 0 Å². The Balaban J connectivity index is 1.23. The quantitative estimate of drug-likeness (QED) is 0.0611. The van der Waals surface area contributed by atoms with E-state index in [9.17, 15) is 9.90 Å². The van der Waals surface area contributed by atoms with E-state index in [1.807, 2.05) is 109 Å². The first kappa shape index (κ1) is 51.5. The van der Waals surface area contributed by atoms with Gasteiger partial charge < -0.3 is 38.4 Å². The van der Waals surface area contributed by atoms with Gasteiger partial charge in [-0.1, -0.05) is 115 Å². The number of morpholine rings is 1. The Labute approximate surface area is 442 Å². The van der Waals surface area contributed by atoms with Crippen LogP contribution in [0, 0.1) is 17.8 Å². The molecule has 6 aromatic rings. The molecular weight excluding hydrogens is 965 g/mol. The largest absolute Gasteiger partial charge is 0.493 e. The molecule has 4 aliphatic heterocycles. The summed E-state index contributed by atoms with van der Waals surface area (Å²) < 4.78 is 35.2. The average molecular weight is 1030 g/mol. The Bertz CT molecular complexity index is 3160. The number of carbonyl (C=O) groups is 4. The van der Waals surface area contributed by atoms with Gasteiger partial charge in [0.15, 0.2) is 11.5 Å². The first-order chi connectivity index (χ1) is 37.1. The summed E-state index contributed by atoms with van der Waals surface area (Å²) in [4.78, 5) is 70.7. The third-order valence-corrected chi connectivity index (χ3v) is 14.9. The topological polar surface area (TPSA) is 157 Å². The number of amides is 3. The van der Waals surface area contributed by atoms with Crippen molar-refractivity contribution in [1.82, 2.24) is 14.7 Å². The molecule has 6 atom stereocenters. The molecule has 15 heteroatoms. The van der Waals surface area contributed by atoms with Gasteiger partial charge >= 0.3 is 12.1 Å². The fraction of sp³-hybridized carbons (Fsp3) is 0.311. The van der Waals surface area contributed by atoms with Crippen LogP contribution in [0.15, 0.2) is 146 Å². The van der Waals surface area contributed by atoms with E-state index in [-0.39, 0.29) is 45.2 Å². The first-order valence-corrected chi connectivity index (χ1v) is 25.4. The van der Waals surface area contributed by atoms with Gasteiger partial charge in [0.2, 0.25) is 11.8 Å². The number of aliphatic hydroxyl groups excluding tert-OH is 1. The third-order valence-electron chi connectivity index (χ3n) is 14.9. The lowest BCUT2D eigenvalue weighted by Crippen LogP contribution is -2.57. The van der Waals surface area contributed by atoms with Gasteiger partial charge in [0.05, 0.1) is 57.7 Å². The molecule has 0 bridgehead atoms. The SMILES string of the molecule is COCCOC(=O)N1C(=O)[C@@]2(c3cc(C#CCN(C)Cc4ccccc4)ccc31)[C@H](c1cccc(OCCO)c1)N1[C@H](c3ccccc3)[C@H](c3ccccc3)OC(=O)[C@H]1[C@@H]2C(=O)N1CCc2cc(OC)c(OC)cc2C1. The Kier molecular flexibility index (Phi) is 15.2. The molecule has 0 unspecified atom stereocenters. The lowest BCUT2D eigenvalue weighted by atomic mass is 9.64. The second-order valence-corrected chi connectivity index (χ2v) is 19.3. The van der Waals surface area contributed by atoms with Gasteiger partial charge in [-0.05, 0) is 94.9 Å². The van der Waals surface area contributed by atoms with E-state index in [1.54, 1.807) is 55.5 Å². The van der Waals surface area contributed by atoms with E-state index < -0.39 is 59.4 Å². The van der Waals surface area contributed by atoms with Crippen molar-refractivity contribution >= 4 is 29.6 Å². The number of rotatable bonds is 15. The molecular formula is C61H60N4O11. The fourth-order valence-electron chi connectivity index (χ4n) is 11.7. The molecule has 4 heterocycles. The Morgan fingerprint density at radius 1 is 0.763 bits per heavy atom. The first-order valence-electron chi connectivity index (χ1n) is 25.4. The van der Waals surface area contributed by atoms with Gasteiger partial charge in [0.1, 0.15) is 36.5 Å². The van der Waals surface area contributed by atoms with Crippen LogP contribution in [-0.2, 0) is 53.5 Å². The number of hydrogen-bond acceptors (Lipinski definition) is 13. The maximum atomic E-state index is 16.8. The predicted octanol–water partition coefficient (Wildman–Crippen LogP) is 7.59. The summed E-state index contributed by atoms with van der Waals surface area (Å²) in [5.74, 6) is 4.56. The number of benzene rings is 6. The highest BCUT2D eigenvalue weighted by atomic mass is 16.6. The van der Waals surface area contributed by atoms with Gasteiger partial charge in [0.25, 0.3) is 0 Å². The summed E-state index contributed by atoms with van der Waals surface area (Å²) in [6.45, 7) is 0.980. The van der Waals surface area contributed by atoms with Crippen LogP contribution in [0.4, 0.5) is 10.5 Å². The van der Waals surface area contributed by atoms with Crippen molar-refractivity contribution in [3.05, 3.63) is 190 Å². The van der Waals surface area contributed by atoms with Crippen LogP contribution in [0.25, 0.3) is 0 Å². The second-order valence-electron chi connectivity index (χ2n) is 19.3. The lowest BCUT2D eigenvalue weighted by Gasteiger charge is -2.46. The second kappa shape index (κ2) is 22.5. The van der Waals surface area contributed by atoms with Crippen molar-refractivity contribution in [2.45, 2.75) is 49.2 Å². The monoisotopic (exact) mass is 1020 g/mol. The molecule has 0 aliphatic carbocycles. The molecule has 4 aliphatic rings. The van der Waals surface area contributed by atoms with Crippen LogP contribution in [-0.4, -0.2) is 118 Å². The van der Waals surface area contributed by atoms with E-state index in [2.05, 4.69) is 28.9 Å². The Morgan fingerprint density at radius 2 is 1.45 bits per heavy atom. The highest BCUT2D eigenvalue weighted by Crippen LogP contribution is 2.66. The van der Waals surface area contributed by atoms with Gasteiger partial charge in [-0.25, -0.2) is 9.69 Å². The van der Waals surface area contributed by atoms with Gasteiger partial charge in [-0.3, -0.25) is 24.2 Å². The van der Waals surface area contributed by atoms with Crippen LogP contribution < -0.4 is 19.1 Å². The van der Waals surface area contributed by atoms with Gasteiger partial charge in [-0.15, -0.1) is 0 Å². The number of hydrogen-bond donors (Lipinski definition) is 1. The molecule has 1 N–H and O–H groups in total. The Hall–Kier alpha value is -8.00. The van der Waals surface area contributed by atoms with Crippen LogP contribution in [0.1, 0.15) is 62.7 Å². The summed E-state index contributed by atoms with van der Waals surface area (Å²) in [7, 11) is 6.58. The number of esters is 1. The van der Waals surface area contributed by atoms with E-state index in [1.165, 1.54) is 7.11 Å². The summed E-state index contributed by atoms with van der Waals surface area (Å²) in [5, 5.41) is 9.93. The minimum atomic E-state index is -2.07. The van der Waals surface area contributed by atoms with Crippen molar-refractivity contribution in [3.63, 3.8) is 0 Å².